The molecule has 0 saturated carbocycles. The number of benzene rings is 1. The van der Waals surface area contributed by atoms with Crippen LogP contribution in [0.3, 0.4) is 0 Å². The highest BCUT2D eigenvalue weighted by Crippen LogP contribution is 2.20. The summed E-state index contributed by atoms with van der Waals surface area (Å²) in [4.78, 5) is 15.9. The van der Waals surface area contributed by atoms with E-state index in [1.165, 1.54) is 12.3 Å². The van der Waals surface area contributed by atoms with Gasteiger partial charge in [-0.25, -0.2) is 4.98 Å². The lowest BCUT2D eigenvalue weighted by atomic mass is 10.2. The van der Waals surface area contributed by atoms with Gasteiger partial charge in [-0.3, -0.25) is 4.79 Å². The van der Waals surface area contributed by atoms with Crippen LogP contribution in [0.5, 0.6) is 0 Å². The van der Waals surface area contributed by atoms with Gasteiger partial charge >= 0.3 is 0 Å². The second-order valence-electron chi connectivity index (χ2n) is 3.53. The van der Waals surface area contributed by atoms with Gasteiger partial charge in [0.25, 0.3) is 5.91 Å². The van der Waals surface area contributed by atoms with Gasteiger partial charge in [-0.05, 0) is 40.8 Å². The number of carbonyl (C=O) groups is 1. The summed E-state index contributed by atoms with van der Waals surface area (Å²) in [5.41, 5.74) is 7.04. The smallest absolute Gasteiger partial charge is 0.257 e. The highest BCUT2D eigenvalue weighted by Gasteiger charge is 2.12. The SMILES string of the molecule is Nc1cnc(Cl)cc1C(=O)Nc1ccccc1I. The maximum Gasteiger partial charge on any atom is 0.257 e. The van der Waals surface area contributed by atoms with Crippen molar-refractivity contribution in [2.24, 2.45) is 0 Å². The van der Waals surface area contributed by atoms with Gasteiger partial charge in [0.1, 0.15) is 5.15 Å². The lowest BCUT2D eigenvalue weighted by Crippen LogP contribution is -2.15. The molecule has 0 unspecified atom stereocenters. The molecule has 0 aliphatic carbocycles. The molecule has 0 radical (unpaired) electrons. The Hall–Kier alpha value is -1.34. The summed E-state index contributed by atoms with van der Waals surface area (Å²) in [5, 5.41) is 3.02. The van der Waals surface area contributed by atoms with E-state index in [9.17, 15) is 4.79 Å². The minimum atomic E-state index is -0.305. The zero-order valence-corrected chi connectivity index (χ0v) is 12.1. The first-order valence-corrected chi connectivity index (χ1v) is 6.50. The number of hydrogen-bond donors (Lipinski definition) is 2. The topological polar surface area (TPSA) is 68.0 Å². The van der Waals surface area contributed by atoms with Gasteiger partial charge < -0.3 is 11.1 Å². The van der Waals surface area contributed by atoms with E-state index in [-0.39, 0.29) is 11.1 Å². The molecule has 0 aliphatic heterocycles. The molecule has 3 N–H and O–H groups in total. The van der Waals surface area contributed by atoms with Gasteiger partial charge in [0, 0.05) is 3.57 Å². The summed E-state index contributed by atoms with van der Waals surface area (Å²) in [6.45, 7) is 0. The number of para-hydroxylation sites is 1. The molecule has 0 aliphatic rings. The standard InChI is InChI=1S/C12H9ClIN3O/c13-11-5-7(9(15)6-16-11)12(18)17-10-4-2-1-3-8(10)14/h1-6H,15H2,(H,17,18). The summed E-state index contributed by atoms with van der Waals surface area (Å²) in [6, 6.07) is 8.91. The minimum Gasteiger partial charge on any atom is -0.397 e. The largest absolute Gasteiger partial charge is 0.397 e. The van der Waals surface area contributed by atoms with Crippen molar-refractivity contribution in [1.82, 2.24) is 4.98 Å². The van der Waals surface area contributed by atoms with Crippen LogP contribution in [0.25, 0.3) is 0 Å². The zero-order valence-electron chi connectivity index (χ0n) is 9.15. The van der Waals surface area contributed by atoms with Crippen LogP contribution in [-0.2, 0) is 0 Å². The van der Waals surface area contributed by atoms with Crippen LogP contribution in [0, 0.1) is 3.57 Å². The van der Waals surface area contributed by atoms with E-state index in [4.69, 9.17) is 17.3 Å². The van der Waals surface area contributed by atoms with Crippen molar-refractivity contribution < 1.29 is 4.79 Å². The van der Waals surface area contributed by atoms with Crippen molar-refractivity contribution in [3.05, 3.63) is 50.8 Å². The highest BCUT2D eigenvalue weighted by atomic mass is 127. The van der Waals surface area contributed by atoms with Gasteiger partial charge in [0.15, 0.2) is 0 Å². The second kappa shape index (κ2) is 5.53. The number of halogens is 2. The number of hydrogen-bond acceptors (Lipinski definition) is 3. The number of carbonyl (C=O) groups excluding carboxylic acids is 1. The Balaban J connectivity index is 2.28. The molecule has 0 fully saturated rings. The van der Waals surface area contributed by atoms with E-state index in [1.54, 1.807) is 0 Å². The molecule has 2 rings (SSSR count). The Morgan fingerprint density at radius 3 is 2.83 bits per heavy atom. The number of rotatable bonds is 2. The molecule has 6 heteroatoms. The molecule has 1 aromatic carbocycles. The molecule has 0 atom stereocenters. The Morgan fingerprint density at radius 2 is 2.11 bits per heavy atom. The summed E-state index contributed by atoms with van der Waals surface area (Å²) in [5.74, 6) is -0.305. The quantitative estimate of drug-likeness (QED) is 0.627. The average molecular weight is 374 g/mol. The fourth-order valence-electron chi connectivity index (χ4n) is 1.39. The molecule has 4 nitrogen and oxygen atoms in total. The van der Waals surface area contributed by atoms with E-state index in [2.05, 4.69) is 32.9 Å². The second-order valence-corrected chi connectivity index (χ2v) is 5.08. The number of aromatic nitrogens is 1. The summed E-state index contributed by atoms with van der Waals surface area (Å²) < 4.78 is 0.946. The highest BCUT2D eigenvalue weighted by molar-refractivity contribution is 14.1. The van der Waals surface area contributed by atoms with Crippen molar-refractivity contribution >= 4 is 51.5 Å². The molecular weight excluding hydrogens is 365 g/mol. The van der Waals surface area contributed by atoms with Gasteiger partial charge in [-0.1, -0.05) is 23.7 Å². The van der Waals surface area contributed by atoms with Crippen LogP contribution in [0.4, 0.5) is 11.4 Å². The fraction of sp³-hybridized carbons (Fsp3) is 0. The number of amides is 1. The van der Waals surface area contributed by atoms with Gasteiger partial charge in [0.2, 0.25) is 0 Å². The Morgan fingerprint density at radius 1 is 1.39 bits per heavy atom. The summed E-state index contributed by atoms with van der Waals surface area (Å²) >= 11 is 7.89. The maximum absolute atomic E-state index is 12.1. The monoisotopic (exact) mass is 373 g/mol. The molecule has 0 spiro atoms. The van der Waals surface area contributed by atoms with Crippen LogP contribution in [0.1, 0.15) is 10.4 Å². The van der Waals surface area contributed by atoms with Crippen LogP contribution < -0.4 is 11.1 Å². The summed E-state index contributed by atoms with van der Waals surface area (Å²) in [7, 11) is 0. The lowest BCUT2D eigenvalue weighted by Gasteiger charge is -2.08. The molecule has 1 aromatic heterocycles. The molecule has 0 bridgehead atoms. The first-order chi connectivity index (χ1) is 8.58. The molecule has 0 saturated heterocycles. The van der Waals surface area contributed by atoms with Crippen molar-refractivity contribution in [3.8, 4) is 0 Å². The number of anilines is 2. The van der Waals surface area contributed by atoms with Crippen molar-refractivity contribution in [3.63, 3.8) is 0 Å². The first kappa shape index (κ1) is 13.1. The van der Waals surface area contributed by atoms with Gasteiger partial charge in [-0.15, -0.1) is 0 Å². The Kier molecular flexibility index (Phi) is 4.03. The summed E-state index contributed by atoms with van der Waals surface area (Å²) in [6.07, 6.45) is 1.37. The number of nitrogens with zero attached hydrogens (tertiary/aromatic N) is 1. The zero-order chi connectivity index (χ0) is 13.1. The van der Waals surface area contributed by atoms with Crippen molar-refractivity contribution in [2.75, 3.05) is 11.1 Å². The van der Waals surface area contributed by atoms with E-state index >= 15 is 0 Å². The van der Waals surface area contributed by atoms with E-state index in [0.29, 0.717) is 11.3 Å². The van der Waals surface area contributed by atoms with E-state index in [0.717, 1.165) is 9.26 Å². The third kappa shape index (κ3) is 2.91. The molecule has 18 heavy (non-hydrogen) atoms. The molecule has 2 aromatic rings. The van der Waals surface area contributed by atoms with Crippen molar-refractivity contribution in [1.29, 1.82) is 0 Å². The molecule has 1 heterocycles. The third-order valence-electron chi connectivity index (χ3n) is 2.27. The van der Waals surface area contributed by atoms with Crippen LogP contribution in [0.15, 0.2) is 36.5 Å². The van der Waals surface area contributed by atoms with Gasteiger partial charge in [-0.2, -0.15) is 0 Å². The minimum absolute atomic E-state index is 0.233. The Labute approximate surface area is 123 Å². The average Bonchev–Trinajstić information content (AvgIpc) is 2.35. The first-order valence-electron chi connectivity index (χ1n) is 5.05. The van der Waals surface area contributed by atoms with E-state index in [1.807, 2.05) is 24.3 Å². The number of nitrogens with two attached hydrogens (primary N) is 1. The predicted octanol–water partition coefficient (Wildman–Crippen LogP) is 3.17. The van der Waals surface area contributed by atoms with Crippen molar-refractivity contribution in [2.45, 2.75) is 0 Å². The van der Waals surface area contributed by atoms with Crippen LogP contribution in [-0.4, -0.2) is 10.9 Å². The normalized spacial score (nSPS) is 10.1. The molecule has 1 amide bonds. The maximum atomic E-state index is 12.1. The number of nitrogen functional groups attached to an aromatic ring is 1. The lowest BCUT2D eigenvalue weighted by molar-refractivity contribution is 0.102. The third-order valence-corrected chi connectivity index (χ3v) is 3.42. The fourth-order valence-corrected chi connectivity index (χ4v) is 2.07. The van der Waals surface area contributed by atoms with Crippen LogP contribution in [0.2, 0.25) is 5.15 Å². The number of nitrogens with one attached hydrogen (secondary N) is 1. The Bertz CT molecular complexity index is 604. The number of pyridine rings is 1. The molecule has 92 valence electrons. The van der Waals surface area contributed by atoms with Crippen LogP contribution >= 0.6 is 34.2 Å². The predicted molar refractivity (Wildman–Crippen MR) is 80.8 cm³/mol. The molecular formula is C12H9ClIN3O. The van der Waals surface area contributed by atoms with Gasteiger partial charge in [0.05, 0.1) is 23.1 Å². The van der Waals surface area contributed by atoms with E-state index < -0.39 is 0 Å².